The molecule has 2 aromatic rings. The lowest BCUT2D eigenvalue weighted by molar-refractivity contribution is 0.539. The van der Waals surface area contributed by atoms with Crippen LogP contribution >= 0.6 is 11.8 Å². The molecule has 1 N–H and O–H groups in total. The predicted octanol–water partition coefficient (Wildman–Crippen LogP) is 3.01. The van der Waals surface area contributed by atoms with E-state index in [0.717, 1.165) is 27.4 Å². The number of rotatable bonds is 3. The van der Waals surface area contributed by atoms with Crippen molar-refractivity contribution in [3.63, 3.8) is 0 Å². The van der Waals surface area contributed by atoms with Crippen molar-refractivity contribution in [1.29, 1.82) is 0 Å². The van der Waals surface area contributed by atoms with Crippen LogP contribution in [0.5, 0.6) is 0 Å². The van der Waals surface area contributed by atoms with Crippen molar-refractivity contribution >= 4 is 17.6 Å². The van der Waals surface area contributed by atoms with E-state index in [-0.39, 0.29) is 5.41 Å². The molecule has 0 aliphatic heterocycles. The summed E-state index contributed by atoms with van der Waals surface area (Å²) in [4.78, 5) is 9.20. The zero-order chi connectivity index (χ0) is 14.9. The van der Waals surface area contributed by atoms with E-state index < -0.39 is 0 Å². The van der Waals surface area contributed by atoms with Gasteiger partial charge in [-0.05, 0) is 13.0 Å². The Bertz CT molecular complexity index is 613. The molecule has 0 radical (unpaired) electrons. The Morgan fingerprint density at radius 3 is 2.40 bits per heavy atom. The summed E-state index contributed by atoms with van der Waals surface area (Å²) in [6, 6.07) is 4.02. The van der Waals surface area contributed by atoms with Gasteiger partial charge in [0.2, 0.25) is 0 Å². The molecule has 0 aliphatic rings. The molecular formula is C14H21N5S. The van der Waals surface area contributed by atoms with Crippen molar-refractivity contribution in [2.24, 2.45) is 7.05 Å². The second kappa shape index (κ2) is 5.44. The summed E-state index contributed by atoms with van der Waals surface area (Å²) in [5, 5.41) is 9.46. The average Bonchev–Trinajstić information content (AvgIpc) is 2.66. The maximum Gasteiger partial charge on any atom is 0.137 e. The minimum Gasteiger partial charge on any atom is -0.373 e. The summed E-state index contributed by atoms with van der Waals surface area (Å²) in [5.41, 5.74) is 0.929. The molecule has 6 heteroatoms. The maximum atomic E-state index is 4.67. The van der Waals surface area contributed by atoms with Gasteiger partial charge in [-0.2, -0.15) is 5.10 Å². The van der Waals surface area contributed by atoms with Crippen molar-refractivity contribution < 1.29 is 0 Å². The van der Waals surface area contributed by atoms with Gasteiger partial charge in [-0.1, -0.05) is 32.5 Å². The van der Waals surface area contributed by atoms with E-state index in [1.807, 2.05) is 31.8 Å². The van der Waals surface area contributed by atoms with Crippen LogP contribution in [0, 0.1) is 6.92 Å². The number of hydrogen-bond acceptors (Lipinski definition) is 5. The minimum atomic E-state index is -0.0788. The first kappa shape index (κ1) is 14.8. The van der Waals surface area contributed by atoms with E-state index in [2.05, 4.69) is 47.2 Å². The molecule has 0 aromatic carbocycles. The molecule has 20 heavy (non-hydrogen) atoms. The molecule has 108 valence electrons. The van der Waals surface area contributed by atoms with Crippen molar-refractivity contribution in [2.75, 3.05) is 12.4 Å². The molecule has 2 rings (SSSR count). The van der Waals surface area contributed by atoms with Crippen LogP contribution < -0.4 is 5.32 Å². The molecule has 0 saturated carbocycles. The Balaban J connectivity index is 2.38. The number of aryl methyl sites for hydroxylation is 2. The fourth-order valence-electron chi connectivity index (χ4n) is 1.73. The molecule has 0 saturated heterocycles. The van der Waals surface area contributed by atoms with E-state index in [0.29, 0.717) is 0 Å². The largest absolute Gasteiger partial charge is 0.373 e. The fraction of sp³-hybridized carbons (Fsp3) is 0.500. The van der Waals surface area contributed by atoms with Gasteiger partial charge in [0.25, 0.3) is 0 Å². The Hall–Kier alpha value is -1.56. The normalized spacial score (nSPS) is 11.7. The third kappa shape index (κ3) is 3.30. The highest BCUT2D eigenvalue weighted by Gasteiger charge is 2.19. The van der Waals surface area contributed by atoms with Gasteiger partial charge >= 0.3 is 0 Å². The Morgan fingerprint density at radius 2 is 1.90 bits per heavy atom. The third-order valence-electron chi connectivity index (χ3n) is 2.80. The van der Waals surface area contributed by atoms with Crippen LogP contribution in [0.4, 0.5) is 5.82 Å². The van der Waals surface area contributed by atoms with Crippen molar-refractivity contribution in [1.82, 2.24) is 19.7 Å². The zero-order valence-electron chi connectivity index (χ0n) is 12.9. The van der Waals surface area contributed by atoms with Gasteiger partial charge in [-0.15, -0.1) is 0 Å². The number of nitrogens with zero attached hydrogens (tertiary/aromatic N) is 4. The van der Waals surface area contributed by atoms with Gasteiger partial charge in [0.1, 0.15) is 21.7 Å². The highest BCUT2D eigenvalue weighted by molar-refractivity contribution is 7.99. The summed E-state index contributed by atoms with van der Waals surface area (Å²) >= 11 is 1.60. The summed E-state index contributed by atoms with van der Waals surface area (Å²) < 4.78 is 1.87. The van der Waals surface area contributed by atoms with E-state index in [4.69, 9.17) is 0 Å². The topological polar surface area (TPSA) is 55.6 Å². The van der Waals surface area contributed by atoms with Gasteiger partial charge < -0.3 is 5.32 Å². The lowest BCUT2D eigenvalue weighted by atomic mass is 9.96. The molecule has 2 heterocycles. The van der Waals surface area contributed by atoms with Gasteiger partial charge in [-0.3, -0.25) is 4.68 Å². The summed E-state index contributed by atoms with van der Waals surface area (Å²) in [5.74, 6) is 1.68. The van der Waals surface area contributed by atoms with Crippen molar-refractivity contribution in [3.05, 3.63) is 23.7 Å². The van der Waals surface area contributed by atoms with Gasteiger partial charge in [-0.25, -0.2) is 9.97 Å². The third-order valence-corrected chi connectivity index (χ3v) is 3.81. The maximum absolute atomic E-state index is 4.67. The van der Waals surface area contributed by atoms with Crippen LogP contribution in [-0.4, -0.2) is 26.8 Å². The predicted molar refractivity (Wildman–Crippen MR) is 82.3 cm³/mol. The standard InChI is InChI=1S/C14H21N5S/c1-9-7-12(19(6)18-9)20-11-8-10(15-5)16-13(17-11)14(2,3)4/h7-8H,1-6H3,(H,15,16,17). The summed E-state index contributed by atoms with van der Waals surface area (Å²) in [6.07, 6.45) is 0. The van der Waals surface area contributed by atoms with E-state index >= 15 is 0 Å². The Morgan fingerprint density at radius 1 is 1.20 bits per heavy atom. The molecule has 0 atom stereocenters. The fourth-order valence-corrected chi connectivity index (χ4v) is 2.65. The molecule has 0 amide bonds. The van der Waals surface area contributed by atoms with Crippen LogP contribution in [0.3, 0.4) is 0 Å². The first-order valence-electron chi connectivity index (χ1n) is 6.55. The van der Waals surface area contributed by atoms with Gasteiger partial charge in [0.15, 0.2) is 0 Å². The van der Waals surface area contributed by atoms with E-state index in [1.165, 1.54) is 0 Å². The Kier molecular flexibility index (Phi) is 4.04. The molecule has 0 aliphatic carbocycles. The molecule has 0 fully saturated rings. The minimum absolute atomic E-state index is 0.0788. The molecule has 0 unspecified atom stereocenters. The lowest BCUT2D eigenvalue weighted by Gasteiger charge is -2.18. The molecule has 2 aromatic heterocycles. The first-order valence-corrected chi connectivity index (χ1v) is 7.37. The van der Waals surface area contributed by atoms with Crippen LogP contribution in [0.2, 0.25) is 0 Å². The highest BCUT2D eigenvalue weighted by Crippen LogP contribution is 2.30. The second-order valence-corrected chi connectivity index (χ2v) is 6.81. The zero-order valence-corrected chi connectivity index (χ0v) is 13.7. The first-order chi connectivity index (χ1) is 9.29. The number of aromatic nitrogens is 4. The SMILES string of the molecule is CNc1cc(Sc2cc(C)nn2C)nc(C(C)(C)C)n1. The number of hydrogen-bond donors (Lipinski definition) is 1. The van der Waals surface area contributed by atoms with Crippen LogP contribution in [-0.2, 0) is 12.5 Å². The van der Waals surface area contributed by atoms with E-state index in [1.54, 1.807) is 11.8 Å². The lowest BCUT2D eigenvalue weighted by Crippen LogP contribution is -2.17. The van der Waals surface area contributed by atoms with Crippen LogP contribution in [0.15, 0.2) is 22.2 Å². The van der Waals surface area contributed by atoms with Crippen molar-refractivity contribution in [3.8, 4) is 0 Å². The quantitative estimate of drug-likeness (QED) is 0.881. The smallest absolute Gasteiger partial charge is 0.137 e. The number of nitrogens with one attached hydrogen (secondary N) is 1. The van der Waals surface area contributed by atoms with E-state index in [9.17, 15) is 0 Å². The molecule has 5 nitrogen and oxygen atoms in total. The average molecular weight is 291 g/mol. The molecular weight excluding hydrogens is 270 g/mol. The summed E-state index contributed by atoms with van der Waals surface area (Å²) in [6.45, 7) is 8.34. The highest BCUT2D eigenvalue weighted by atomic mass is 32.2. The van der Waals surface area contributed by atoms with Gasteiger partial charge in [0, 0.05) is 25.6 Å². The van der Waals surface area contributed by atoms with Gasteiger partial charge in [0.05, 0.1) is 5.69 Å². The molecule has 0 spiro atoms. The monoisotopic (exact) mass is 291 g/mol. The van der Waals surface area contributed by atoms with Crippen molar-refractivity contribution in [2.45, 2.75) is 43.2 Å². The second-order valence-electron chi connectivity index (χ2n) is 5.76. The Labute approximate surface area is 124 Å². The molecule has 0 bridgehead atoms. The van der Waals surface area contributed by atoms with Crippen LogP contribution in [0.25, 0.3) is 0 Å². The summed E-state index contributed by atoms with van der Waals surface area (Å²) in [7, 11) is 3.82. The van der Waals surface area contributed by atoms with Crippen LogP contribution in [0.1, 0.15) is 32.3 Å². The number of anilines is 1.